The van der Waals surface area contributed by atoms with Crippen molar-refractivity contribution >= 4 is 39.1 Å². The summed E-state index contributed by atoms with van der Waals surface area (Å²) in [5, 5.41) is 9.09. The summed E-state index contributed by atoms with van der Waals surface area (Å²) in [7, 11) is 3.84. The number of nitrogens with one attached hydrogen (secondary N) is 1. The van der Waals surface area contributed by atoms with Crippen LogP contribution in [0.15, 0.2) is 22.7 Å². The zero-order valence-corrected chi connectivity index (χ0v) is 14.6. The molecule has 20 heavy (non-hydrogen) atoms. The molecule has 1 aromatic carbocycles. The van der Waals surface area contributed by atoms with E-state index in [4.69, 9.17) is 23.2 Å². The van der Waals surface area contributed by atoms with E-state index < -0.39 is 0 Å². The number of hydrogen-bond acceptors (Lipinski definition) is 2. The smallest absolute Gasteiger partial charge is 0.0847 e. The van der Waals surface area contributed by atoms with E-state index in [1.165, 1.54) is 0 Å². The molecule has 0 spiro atoms. The summed E-state index contributed by atoms with van der Waals surface area (Å²) in [6.07, 6.45) is 0.749. The molecular weight excluding hydrogens is 361 g/mol. The third-order valence-corrected chi connectivity index (χ3v) is 4.46. The number of rotatable bonds is 4. The number of likely N-dealkylation sites (N-methyl/N-ethyl adjacent to an activating group) is 1. The first-order valence-electron chi connectivity index (χ1n) is 6.23. The number of aromatic nitrogens is 2. The fourth-order valence-electron chi connectivity index (χ4n) is 2.26. The third kappa shape index (κ3) is 3.37. The van der Waals surface area contributed by atoms with Gasteiger partial charge < -0.3 is 5.32 Å². The van der Waals surface area contributed by atoms with Gasteiger partial charge in [-0.3, -0.25) is 4.68 Å². The standard InChI is InChI=1S/C14H16BrCl2N3/c1-8-14(17)13(20(3)19-8)7-12(18-2)9-4-10(15)6-11(16)5-9/h4-6,12,18H,7H2,1-3H3. The third-order valence-electron chi connectivity index (χ3n) is 3.29. The first-order valence-corrected chi connectivity index (χ1v) is 7.78. The second-order valence-electron chi connectivity index (χ2n) is 4.72. The number of benzene rings is 1. The summed E-state index contributed by atoms with van der Waals surface area (Å²) in [5.41, 5.74) is 2.98. The Morgan fingerprint density at radius 1 is 1.35 bits per heavy atom. The first-order chi connectivity index (χ1) is 9.42. The molecule has 3 nitrogen and oxygen atoms in total. The van der Waals surface area contributed by atoms with Gasteiger partial charge in [0, 0.05) is 29.0 Å². The van der Waals surface area contributed by atoms with Crippen LogP contribution in [0.3, 0.4) is 0 Å². The van der Waals surface area contributed by atoms with Crippen LogP contribution in [0.5, 0.6) is 0 Å². The Morgan fingerprint density at radius 3 is 2.55 bits per heavy atom. The topological polar surface area (TPSA) is 29.9 Å². The van der Waals surface area contributed by atoms with E-state index in [0.717, 1.165) is 32.9 Å². The minimum atomic E-state index is 0.123. The molecular formula is C14H16BrCl2N3. The van der Waals surface area contributed by atoms with Crippen LogP contribution in [0.1, 0.15) is 23.0 Å². The zero-order valence-electron chi connectivity index (χ0n) is 11.5. The van der Waals surface area contributed by atoms with Crippen LogP contribution in [0.25, 0.3) is 0 Å². The maximum Gasteiger partial charge on any atom is 0.0847 e. The minimum absolute atomic E-state index is 0.123. The molecule has 1 N–H and O–H groups in total. The van der Waals surface area contributed by atoms with Gasteiger partial charge >= 0.3 is 0 Å². The maximum atomic E-state index is 6.32. The van der Waals surface area contributed by atoms with Crippen LogP contribution in [0.2, 0.25) is 10.0 Å². The van der Waals surface area contributed by atoms with E-state index in [9.17, 15) is 0 Å². The fraction of sp³-hybridized carbons (Fsp3) is 0.357. The molecule has 1 unspecified atom stereocenters. The summed E-state index contributed by atoms with van der Waals surface area (Å²) in [6.45, 7) is 1.91. The SMILES string of the molecule is CNC(Cc1c(Cl)c(C)nn1C)c1cc(Cl)cc(Br)c1. The molecule has 1 heterocycles. The monoisotopic (exact) mass is 375 g/mol. The predicted octanol–water partition coefficient (Wildman–Crippen LogP) is 4.30. The van der Waals surface area contributed by atoms with Gasteiger partial charge in [-0.1, -0.05) is 39.1 Å². The Bertz CT molecular complexity index is 605. The molecule has 1 aromatic heterocycles. The molecule has 0 radical (unpaired) electrons. The molecule has 0 fully saturated rings. The van der Waals surface area contributed by atoms with Crippen molar-refractivity contribution in [1.29, 1.82) is 0 Å². The minimum Gasteiger partial charge on any atom is -0.313 e. The molecule has 0 saturated heterocycles. The van der Waals surface area contributed by atoms with E-state index in [1.54, 1.807) is 0 Å². The Kier molecular flexibility index (Phi) is 5.13. The Hall–Kier alpha value is -0.550. The molecule has 6 heteroatoms. The second-order valence-corrected chi connectivity index (χ2v) is 6.45. The average Bonchev–Trinajstić information content (AvgIpc) is 2.60. The Morgan fingerprint density at radius 2 is 2.05 bits per heavy atom. The zero-order chi connectivity index (χ0) is 14.9. The molecule has 2 rings (SSSR count). The van der Waals surface area contributed by atoms with Crippen molar-refractivity contribution in [2.45, 2.75) is 19.4 Å². The number of aryl methyl sites for hydroxylation is 2. The molecule has 1 atom stereocenters. The number of halogens is 3. The van der Waals surface area contributed by atoms with Gasteiger partial charge in [0.15, 0.2) is 0 Å². The second kappa shape index (κ2) is 6.48. The van der Waals surface area contributed by atoms with Crippen molar-refractivity contribution in [3.8, 4) is 0 Å². The highest BCUT2D eigenvalue weighted by Crippen LogP contribution is 2.28. The molecule has 0 amide bonds. The van der Waals surface area contributed by atoms with Crippen molar-refractivity contribution in [1.82, 2.24) is 15.1 Å². The van der Waals surface area contributed by atoms with Crippen LogP contribution in [-0.4, -0.2) is 16.8 Å². The molecule has 2 aromatic rings. The van der Waals surface area contributed by atoms with Crippen molar-refractivity contribution in [2.24, 2.45) is 7.05 Å². The lowest BCUT2D eigenvalue weighted by molar-refractivity contribution is 0.561. The lowest BCUT2D eigenvalue weighted by Gasteiger charge is -2.18. The van der Waals surface area contributed by atoms with Crippen LogP contribution in [-0.2, 0) is 13.5 Å². The molecule has 0 bridgehead atoms. The van der Waals surface area contributed by atoms with Crippen molar-refractivity contribution in [3.05, 3.63) is 49.7 Å². The molecule has 108 valence electrons. The average molecular weight is 377 g/mol. The quantitative estimate of drug-likeness (QED) is 0.861. The van der Waals surface area contributed by atoms with E-state index >= 15 is 0 Å². The van der Waals surface area contributed by atoms with Gasteiger partial charge in [0.25, 0.3) is 0 Å². The summed E-state index contributed by atoms with van der Waals surface area (Å²) in [4.78, 5) is 0. The van der Waals surface area contributed by atoms with Gasteiger partial charge in [-0.2, -0.15) is 5.10 Å². The molecule has 0 aliphatic rings. The number of hydrogen-bond donors (Lipinski definition) is 1. The summed E-state index contributed by atoms with van der Waals surface area (Å²) >= 11 is 15.9. The number of nitrogens with zero attached hydrogens (tertiary/aromatic N) is 2. The van der Waals surface area contributed by atoms with Crippen LogP contribution < -0.4 is 5.32 Å². The largest absolute Gasteiger partial charge is 0.313 e. The lowest BCUT2D eigenvalue weighted by atomic mass is 10.0. The van der Waals surface area contributed by atoms with Gasteiger partial charge in [0.1, 0.15) is 0 Å². The van der Waals surface area contributed by atoms with Crippen molar-refractivity contribution < 1.29 is 0 Å². The molecule has 0 aliphatic heterocycles. The van der Waals surface area contributed by atoms with Gasteiger partial charge in [-0.25, -0.2) is 0 Å². The van der Waals surface area contributed by atoms with E-state index in [1.807, 2.05) is 37.8 Å². The first kappa shape index (κ1) is 15.8. The normalized spacial score (nSPS) is 12.7. The Balaban J connectivity index is 2.33. The van der Waals surface area contributed by atoms with Crippen LogP contribution in [0.4, 0.5) is 0 Å². The summed E-state index contributed by atoms with van der Waals surface area (Å²) < 4.78 is 2.80. The van der Waals surface area contributed by atoms with Gasteiger partial charge in [-0.15, -0.1) is 0 Å². The van der Waals surface area contributed by atoms with Crippen molar-refractivity contribution in [2.75, 3.05) is 7.05 Å². The van der Waals surface area contributed by atoms with Crippen LogP contribution in [0, 0.1) is 6.92 Å². The van der Waals surface area contributed by atoms with E-state index in [0.29, 0.717) is 5.02 Å². The van der Waals surface area contributed by atoms with Gasteiger partial charge in [0.05, 0.1) is 16.4 Å². The van der Waals surface area contributed by atoms with Gasteiger partial charge in [0.2, 0.25) is 0 Å². The van der Waals surface area contributed by atoms with Crippen molar-refractivity contribution in [3.63, 3.8) is 0 Å². The molecule has 0 aliphatic carbocycles. The van der Waals surface area contributed by atoms with E-state index in [2.05, 4.69) is 32.4 Å². The maximum absolute atomic E-state index is 6.32. The Labute approximate surface area is 137 Å². The van der Waals surface area contributed by atoms with E-state index in [-0.39, 0.29) is 6.04 Å². The summed E-state index contributed by atoms with van der Waals surface area (Å²) in [6, 6.07) is 6.02. The van der Waals surface area contributed by atoms with Gasteiger partial charge in [-0.05, 0) is 37.7 Å². The highest BCUT2D eigenvalue weighted by atomic mass is 79.9. The van der Waals surface area contributed by atoms with Crippen LogP contribution >= 0.6 is 39.1 Å². The highest BCUT2D eigenvalue weighted by Gasteiger charge is 2.18. The predicted molar refractivity (Wildman–Crippen MR) is 87.6 cm³/mol. The molecule has 0 saturated carbocycles. The highest BCUT2D eigenvalue weighted by molar-refractivity contribution is 9.10. The summed E-state index contributed by atoms with van der Waals surface area (Å²) in [5.74, 6) is 0. The fourth-order valence-corrected chi connectivity index (χ4v) is 3.38. The lowest BCUT2D eigenvalue weighted by Crippen LogP contribution is -2.20.